The highest BCUT2D eigenvalue weighted by atomic mass is 19.4. The Morgan fingerprint density at radius 2 is 2.08 bits per heavy atom. The Bertz CT molecular complexity index is 491. The fourth-order valence-corrected chi connectivity index (χ4v) is 3.63. The summed E-state index contributed by atoms with van der Waals surface area (Å²) in [4.78, 5) is 11.3. The second-order valence-corrected chi connectivity index (χ2v) is 7.13. The summed E-state index contributed by atoms with van der Waals surface area (Å²) in [5.74, 6) is -1.05. The standard InChI is InChI=1S/C17H25F3O4/c1-3-4-7-16(2,17(18,19)20)14(22)6-5-10-11-8-15(23)24-13(11)9-12(10)21/h5-6,10-14,21-22H,3-4,7-9H2,1-2H3/b6-5+/t10-,11-,12-,13+,14+,16?/m0/s1. The van der Waals surface area contributed by atoms with Crippen molar-refractivity contribution >= 4 is 5.97 Å². The predicted octanol–water partition coefficient (Wildman–Crippen LogP) is 2.97. The van der Waals surface area contributed by atoms with Crippen LogP contribution in [0.3, 0.4) is 0 Å². The summed E-state index contributed by atoms with van der Waals surface area (Å²) >= 11 is 0. The van der Waals surface area contributed by atoms with Gasteiger partial charge in [-0.05, 0) is 13.3 Å². The van der Waals surface area contributed by atoms with E-state index < -0.39 is 29.7 Å². The monoisotopic (exact) mass is 350 g/mol. The molecule has 0 aromatic rings. The number of halogens is 3. The van der Waals surface area contributed by atoms with Crippen LogP contribution in [0.25, 0.3) is 0 Å². The third-order valence-corrected chi connectivity index (χ3v) is 5.44. The van der Waals surface area contributed by atoms with E-state index in [9.17, 15) is 28.2 Å². The fourth-order valence-electron chi connectivity index (χ4n) is 3.63. The molecule has 2 rings (SSSR count). The molecule has 1 heterocycles. The second-order valence-electron chi connectivity index (χ2n) is 7.13. The van der Waals surface area contributed by atoms with Crippen molar-refractivity contribution < 1.29 is 32.9 Å². The number of carbonyl (C=O) groups is 1. The maximum absolute atomic E-state index is 13.4. The quantitative estimate of drug-likeness (QED) is 0.571. The van der Waals surface area contributed by atoms with Crippen molar-refractivity contribution in [2.75, 3.05) is 0 Å². The molecule has 7 heteroatoms. The summed E-state index contributed by atoms with van der Waals surface area (Å²) in [6, 6.07) is 0. The lowest BCUT2D eigenvalue weighted by molar-refractivity contribution is -0.244. The van der Waals surface area contributed by atoms with Crippen LogP contribution in [-0.4, -0.2) is 40.7 Å². The van der Waals surface area contributed by atoms with E-state index >= 15 is 0 Å². The molecule has 0 aromatic heterocycles. The topological polar surface area (TPSA) is 66.8 Å². The third-order valence-electron chi connectivity index (χ3n) is 5.44. The summed E-state index contributed by atoms with van der Waals surface area (Å²) in [5.41, 5.74) is -2.23. The van der Waals surface area contributed by atoms with Crippen LogP contribution in [-0.2, 0) is 9.53 Å². The van der Waals surface area contributed by atoms with Crippen LogP contribution in [0.5, 0.6) is 0 Å². The molecule has 24 heavy (non-hydrogen) atoms. The van der Waals surface area contributed by atoms with Gasteiger partial charge in [-0.3, -0.25) is 4.79 Å². The van der Waals surface area contributed by atoms with Gasteiger partial charge < -0.3 is 14.9 Å². The molecule has 4 nitrogen and oxygen atoms in total. The highest BCUT2D eigenvalue weighted by Gasteiger charge is 2.54. The van der Waals surface area contributed by atoms with E-state index in [-0.39, 0.29) is 37.3 Å². The fraction of sp³-hybridized carbons (Fsp3) is 0.824. The Kier molecular flexibility index (Phi) is 5.64. The van der Waals surface area contributed by atoms with Crippen LogP contribution in [0.4, 0.5) is 13.2 Å². The van der Waals surface area contributed by atoms with E-state index in [1.807, 2.05) is 0 Å². The number of carbonyl (C=O) groups excluding carboxylic acids is 1. The summed E-state index contributed by atoms with van der Waals surface area (Å²) in [6.07, 6.45) is -3.60. The average Bonchev–Trinajstić information content (AvgIpc) is 2.96. The van der Waals surface area contributed by atoms with Crippen LogP contribution in [0.2, 0.25) is 0 Å². The third kappa shape index (κ3) is 3.61. The summed E-state index contributed by atoms with van der Waals surface area (Å²) < 4.78 is 45.3. The maximum atomic E-state index is 13.4. The Morgan fingerprint density at radius 3 is 2.67 bits per heavy atom. The van der Waals surface area contributed by atoms with E-state index in [0.29, 0.717) is 12.8 Å². The Labute approximate surface area is 139 Å². The van der Waals surface area contributed by atoms with Gasteiger partial charge in [0.15, 0.2) is 0 Å². The molecule has 0 bridgehead atoms. The molecule has 1 saturated heterocycles. The van der Waals surface area contributed by atoms with Crippen LogP contribution in [0.1, 0.15) is 46.0 Å². The SMILES string of the molecule is CCCCC(C)([C@H](O)/C=C/[C@H]1[C@@H]2CC(=O)O[C@@H]2C[C@@H]1O)C(F)(F)F. The van der Waals surface area contributed by atoms with Gasteiger partial charge in [0.1, 0.15) is 6.10 Å². The molecule has 138 valence electrons. The van der Waals surface area contributed by atoms with Gasteiger partial charge in [-0.25, -0.2) is 0 Å². The van der Waals surface area contributed by atoms with E-state index in [1.165, 1.54) is 6.08 Å². The Morgan fingerprint density at radius 1 is 1.42 bits per heavy atom. The van der Waals surface area contributed by atoms with Gasteiger partial charge in [0.05, 0.1) is 24.0 Å². The van der Waals surface area contributed by atoms with Crippen molar-refractivity contribution in [2.24, 2.45) is 17.3 Å². The van der Waals surface area contributed by atoms with Gasteiger partial charge in [-0.2, -0.15) is 13.2 Å². The van der Waals surface area contributed by atoms with Gasteiger partial charge in [0, 0.05) is 18.3 Å². The van der Waals surface area contributed by atoms with Gasteiger partial charge in [0.25, 0.3) is 0 Å². The molecule has 6 atom stereocenters. The van der Waals surface area contributed by atoms with Crippen LogP contribution < -0.4 is 0 Å². The predicted molar refractivity (Wildman–Crippen MR) is 80.9 cm³/mol. The number of alkyl halides is 3. The van der Waals surface area contributed by atoms with Crippen molar-refractivity contribution in [1.29, 1.82) is 0 Å². The lowest BCUT2D eigenvalue weighted by atomic mass is 9.78. The minimum Gasteiger partial charge on any atom is -0.462 e. The lowest BCUT2D eigenvalue weighted by Crippen LogP contribution is -2.44. The zero-order valence-corrected chi connectivity index (χ0v) is 13.9. The van der Waals surface area contributed by atoms with E-state index in [0.717, 1.165) is 13.0 Å². The van der Waals surface area contributed by atoms with E-state index in [4.69, 9.17) is 4.74 Å². The number of hydrogen-bond donors (Lipinski definition) is 2. The summed E-state index contributed by atoms with van der Waals surface area (Å²) in [7, 11) is 0. The van der Waals surface area contributed by atoms with E-state index in [2.05, 4.69) is 0 Å². The number of aliphatic hydroxyl groups excluding tert-OH is 2. The Balaban J connectivity index is 2.12. The van der Waals surface area contributed by atoms with Crippen molar-refractivity contribution in [3.8, 4) is 0 Å². The normalized spacial score (nSPS) is 34.2. The second kappa shape index (κ2) is 7.04. The molecule has 1 saturated carbocycles. The van der Waals surface area contributed by atoms with Crippen molar-refractivity contribution in [3.05, 3.63) is 12.2 Å². The number of ether oxygens (including phenoxy) is 1. The molecule has 1 aliphatic heterocycles. The molecule has 2 fully saturated rings. The molecule has 2 aliphatic rings. The molecule has 1 unspecified atom stereocenters. The summed E-state index contributed by atoms with van der Waals surface area (Å²) in [6.45, 7) is 2.82. The lowest BCUT2D eigenvalue weighted by Gasteiger charge is -2.35. The van der Waals surface area contributed by atoms with Crippen LogP contribution >= 0.6 is 0 Å². The molecule has 0 amide bonds. The zero-order valence-electron chi connectivity index (χ0n) is 13.9. The van der Waals surface area contributed by atoms with Crippen LogP contribution in [0, 0.1) is 17.3 Å². The Hall–Kier alpha value is -1.08. The number of hydrogen-bond acceptors (Lipinski definition) is 4. The molecule has 0 spiro atoms. The summed E-state index contributed by atoms with van der Waals surface area (Å²) in [5, 5.41) is 20.2. The van der Waals surface area contributed by atoms with Gasteiger partial charge in [-0.15, -0.1) is 0 Å². The zero-order chi connectivity index (χ0) is 18.1. The first-order chi connectivity index (χ1) is 11.1. The molecular formula is C17H25F3O4. The molecule has 1 aliphatic carbocycles. The van der Waals surface area contributed by atoms with Crippen molar-refractivity contribution in [2.45, 2.75) is 70.4 Å². The van der Waals surface area contributed by atoms with Crippen molar-refractivity contribution in [1.82, 2.24) is 0 Å². The highest BCUT2D eigenvalue weighted by Crippen LogP contribution is 2.46. The molecule has 2 N–H and O–H groups in total. The first-order valence-corrected chi connectivity index (χ1v) is 8.40. The van der Waals surface area contributed by atoms with Crippen molar-refractivity contribution in [3.63, 3.8) is 0 Å². The number of fused-ring (bicyclic) bond motifs is 1. The van der Waals surface area contributed by atoms with Crippen LogP contribution in [0.15, 0.2) is 12.2 Å². The largest absolute Gasteiger partial charge is 0.462 e. The minimum absolute atomic E-state index is 0.152. The number of esters is 1. The smallest absolute Gasteiger partial charge is 0.397 e. The van der Waals surface area contributed by atoms with E-state index in [1.54, 1.807) is 6.92 Å². The van der Waals surface area contributed by atoms with Gasteiger partial charge >= 0.3 is 12.1 Å². The first-order valence-electron chi connectivity index (χ1n) is 8.40. The molecular weight excluding hydrogens is 325 g/mol. The minimum atomic E-state index is -4.53. The number of rotatable bonds is 6. The molecule has 0 radical (unpaired) electrons. The highest BCUT2D eigenvalue weighted by molar-refractivity contribution is 5.72. The number of aliphatic hydroxyl groups is 2. The van der Waals surface area contributed by atoms with Gasteiger partial charge in [-0.1, -0.05) is 31.9 Å². The molecule has 0 aromatic carbocycles. The average molecular weight is 350 g/mol. The van der Waals surface area contributed by atoms with Gasteiger partial charge in [0.2, 0.25) is 0 Å². The first kappa shape index (κ1) is 19.2. The maximum Gasteiger partial charge on any atom is 0.397 e. The number of unbranched alkanes of at least 4 members (excludes halogenated alkanes) is 1.